The number of allylic oxidation sites excluding steroid dienone is 4. The highest BCUT2D eigenvalue weighted by Gasteiger charge is 2.05. The highest BCUT2D eigenvalue weighted by atomic mass is 32.2. The molecule has 0 saturated heterocycles. The van der Waals surface area contributed by atoms with E-state index in [-0.39, 0.29) is 0 Å². The summed E-state index contributed by atoms with van der Waals surface area (Å²) in [6.07, 6.45) is 8.21. The first-order chi connectivity index (χ1) is 5.67. The van der Waals surface area contributed by atoms with Gasteiger partial charge in [-0.1, -0.05) is 38.7 Å². The van der Waals surface area contributed by atoms with Crippen molar-refractivity contribution in [1.29, 1.82) is 0 Å². The molecule has 0 saturated carbocycles. The lowest BCUT2D eigenvalue weighted by Crippen LogP contribution is -1.94. The van der Waals surface area contributed by atoms with E-state index in [1.165, 1.54) is 10.5 Å². The maximum Gasteiger partial charge on any atom is 0.00610 e. The van der Waals surface area contributed by atoms with Crippen LogP contribution >= 0.6 is 11.8 Å². The fraction of sp³-hybridized carbons (Fsp3) is 0.455. The Bertz CT molecular complexity index is 197. The highest BCUT2D eigenvalue weighted by Crippen LogP contribution is 2.27. The molecule has 0 spiro atoms. The molecular formula is C11H18S. The third-order valence-electron chi connectivity index (χ3n) is 1.69. The molecule has 1 heteroatoms. The lowest BCUT2D eigenvalue weighted by molar-refractivity contribution is 0.788. The zero-order chi connectivity index (χ0) is 9.56. The molecule has 0 amide bonds. The molecule has 0 bridgehead atoms. The second-order valence-electron chi connectivity index (χ2n) is 2.87. The molecule has 0 nitrogen and oxygen atoms in total. The Morgan fingerprint density at radius 3 is 2.25 bits per heavy atom. The van der Waals surface area contributed by atoms with Crippen molar-refractivity contribution in [3.63, 3.8) is 0 Å². The van der Waals surface area contributed by atoms with Crippen molar-refractivity contribution in [2.24, 2.45) is 5.92 Å². The van der Waals surface area contributed by atoms with E-state index in [1.807, 2.05) is 6.08 Å². The van der Waals surface area contributed by atoms with E-state index in [2.05, 4.69) is 45.8 Å². The molecule has 0 aromatic heterocycles. The molecule has 0 atom stereocenters. The predicted molar refractivity (Wildman–Crippen MR) is 60.4 cm³/mol. The first-order valence-electron chi connectivity index (χ1n) is 4.20. The fourth-order valence-electron chi connectivity index (χ4n) is 1.09. The van der Waals surface area contributed by atoms with Crippen molar-refractivity contribution in [3.8, 4) is 0 Å². The third kappa shape index (κ3) is 3.31. The van der Waals surface area contributed by atoms with Crippen molar-refractivity contribution in [3.05, 3.63) is 35.3 Å². The van der Waals surface area contributed by atoms with Gasteiger partial charge < -0.3 is 0 Å². The number of thioether (sulfide) groups is 1. The molecule has 0 aliphatic heterocycles. The van der Waals surface area contributed by atoms with Gasteiger partial charge in [0.25, 0.3) is 0 Å². The van der Waals surface area contributed by atoms with Gasteiger partial charge in [0.15, 0.2) is 0 Å². The summed E-state index contributed by atoms with van der Waals surface area (Å²) in [5.41, 5.74) is 1.38. The summed E-state index contributed by atoms with van der Waals surface area (Å²) >= 11 is 1.79. The van der Waals surface area contributed by atoms with Crippen molar-refractivity contribution >= 4 is 11.8 Å². The standard InChI is InChI=1S/C11H18S/c1-6-8-10(9(3)4)11(7-2)12-5/h6-9H,1H2,2-5H3/b10-8-,11-7+. The molecule has 0 aliphatic rings. The highest BCUT2D eigenvalue weighted by molar-refractivity contribution is 8.02. The molecule has 0 rings (SSSR count). The van der Waals surface area contributed by atoms with Crippen molar-refractivity contribution in [1.82, 2.24) is 0 Å². The van der Waals surface area contributed by atoms with Crippen LogP contribution in [-0.4, -0.2) is 6.26 Å². The minimum absolute atomic E-state index is 0.571. The normalized spacial score (nSPS) is 13.8. The minimum Gasteiger partial charge on any atom is -0.130 e. The van der Waals surface area contributed by atoms with Crippen molar-refractivity contribution in [2.75, 3.05) is 6.26 Å². The lowest BCUT2D eigenvalue weighted by Gasteiger charge is -2.12. The molecule has 0 aromatic rings. The lowest BCUT2D eigenvalue weighted by atomic mass is 10.0. The Balaban J connectivity index is 4.73. The van der Waals surface area contributed by atoms with E-state index in [0.717, 1.165) is 0 Å². The molecule has 0 unspecified atom stereocenters. The summed E-state index contributed by atoms with van der Waals surface area (Å²) in [6, 6.07) is 0. The minimum atomic E-state index is 0.571. The van der Waals surface area contributed by atoms with Crippen LogP contribution in [0.3, 0.4) is 0 Å². The molecule has 0 N–H and O–H groups in total. The Labute approximate surface area is 80.4 Å². The largest absolute Gasteiger partial charge is 0.130 e. The van der Waals surface area contributed by atoms with E-state index < -0.39 is 0 Å². The second-order valence-corrected chi connectivity index (χ2v) is 3.72. The van der Waals surface area contributed by atoms with Crippen LogP contribution in [0.5, 0.6) is 0 Å². The molecule has 12 heavy (non-hydrogen) atoms. The average molecular weight is 182 g/mol. The van der Waals surface area contributed by atoms with E-state index >= 15 is 0 Å². The van der Waals surface area contributed by atoms with Gasteiger partial charge in [0, 0.05) is 4.91 Å². The zero-order valence-electron chi connectivity index (χ0n) is 8.42. The zero-order valence-corrected chi connectivity index (χ0v) is 9.24. The van der Waals surface area contributed by atoms with E-state index in [0.29, 0.717) is 5.92 Å². The van der Waals surface area contributed by atoms with Gasteiger partial charge in [0.1, 0.15) is 0 Å². The Morgan fingerprint density at radius 2 is 2.00 bits per heavy atom. The van der Waals surface area contributed by atoms with E-state index in [1.54, 1.807) is 11.8 Å². The third-order valence-corrected chi connectivity index (χ3v) is 2.60. The monoisotopic (exact) mass is 182 g/mol. The maximum atomic E-state index is 3.72. The van der Waals surface area contributed by atoms with Gasteiger partial charge in [-0.15, -0.1) is 11.8 Å². The fourth-order valence-corrected chi connectivity index (χ4v) is 1.86. The second kappa shape index (κ2) is 6.13. The number of hydrogen-bond donors (Lipinski definition) is 0. The quantitative estimate of drug-likeness (QED) is 0.592. The van der Waals surface area contributed by atoms with Crippen LogP contribution in [0.2, 0.25) is 0 Å². The first kappa shape index (κ1) is 11.6. The van der Waals surface area contributed by atoms with Crippen LogP contribution in [0.15, 0.2) is 35.3 Å². The molecule has 68 valence electrons. The Hall–Kier alpha value is -0.430. The molecular weight excluding hydrogens is 164 g/mol. The van der Waals surface area contributed by atoms with Crippen LogP contribution in [-0.2, 0) is 0 Å². The summed E-state index contributed by atoms with van der Waals surface area (Å²) in [5, 5.41) is 0. The SMILES string of the molecule is C=C/C=C(\C(=C/C)SC)C(C)C. The van der Waals surface area contributed by atoms with E-state index in [4.69, 9.17) is 0 Å². The average Bonchev–Trinajstić information content (AvgIpc) is 2.05. The molecule has 0 aliphatic carbocycles. The topological polar surface area (TPSA) is 0 Å². The Kier molecular flexibility index (Phi) is 5.91. The van der Waals surface area contributed by atoms with Gasteiger partial charge in [-0.05, 0) is 24.7 Å². The van der Waals surface area contributed by atoms with Crippen LogP contribution in [0.4, 0.5) is 0 Å². The molecule has 0 aromatic carbocycles. The molecule has 0 fully saturated rings. The van der Waals surface area contributed by atoms with Crippen LogP contribution in [0.1, 0.15) is 20.8 Å². The summed E-state index contributed by atoms with van der Waals surface area (Å²) in [5.74, 6) is 0.571. The van der Waals surface area contributed by atoms with Gasteiger partial charge >= 0.3 is 0 Å². The number of hydrogen-bond acceptors (Lipinski definition) is 1. The van der Waals surface area contributed by atoms with Gasteiger partial charge in [0.05, 0.1) is 0 Å². The van der Waals surface area contributed by atoms with Gasteiger partial charge in [-0.2, -0.15) is 0 Å². The number of rotatable bonds is 4. The van der Waals surface area contributed by atoms with Gasteiger partial charge in [0.2, 0.25) is 0 Å². The molecule has 0 radical (unpaired) electrons. The predicted octanol–water partition coefficient (Wildman–Crippen LogP) is 4.02. The van der Waals surface area contributed by atoms with Gasteiger partial charge in [-0.3, -0.25) is 0 Å². The van der Waals surface area contributed by atoms with Crippen LogP contribution in [0.25, 0.3) is 0 Å². The summed E-state index contributed by atoms with van der Waals surface area (Å²) in [4.78, 5) is 1.35. The molecule has 0 heterocycles. The van der Waals surface area contributed by atoms with Crippen LogP contribution in [0, 0.1) is 5.92 Å². The smallest absolute Gasteiger partial charge is 0.00610 e. The summed E-state index contributed by atoms with van der Waals surface area (Å²) < 4.78 is 0. The van der Waals surface area contributed by atoms with Gasteiger partial charge in [-0.25, -0.2) is 0 Å². The van der Waals surface area contributed by atoms with Crippen LogP contribution < -0.4 is 0 Å². The van der Waals surface area contributed by atoms with Crippen molar-refractivity contribution in [2.45, 2.75) is 20.8 Å². The summed E-state index contributed by atoms with van der Waals surface area (Å²) in [7, 11) is 0. The van der Waals surface area contributed by atoms with E-state index in [9.17, 15) is 0 Å². The Morgan fingerprint density at radius 1 is 1.42 bits per heavy atom. The summed E-state index contributed by atoms with van der Waals surface area (Å²) in [6.45, 7) is 10.2. The van der Waals surface area contributed by atoms with Crippen molar-refractivity contribution < 1.29 is 0 Å². The maximum absolute atomic E-state index is 3.72. The first-order valence-corrected chi connectivity index (χ1v) is 5.43.